The van der Waals surface area contributed by atoms with E-state index in [9.17, 15) is 19.5 Å². The molecule has 0 bridgehead atoms. The number of nitrogens with zero attached hydrogens (tertiary/aromatic N) is 2. The number of aliphatic hydroxyl groups is 1. The standard InChI is InChI=1S/C32H40N2O5S/c35-21-24(20-22-12-5-3-6-13-22)34-28-30(37)33(23-14-7-4-8-15-23)18-11-17-32(28)27(29(34)36)26-25(40-32)16-9-1-2-10-19-39-31(26)38/h3,5-6,9,11-13,16-17,23-28,35H,1-2,4,7-8,10,14-15,18-21H2/b16-9-/t24-,25+,26-,27+,28?,32+/m1/s1. The SMILES string of the molecule is O=C1OCCCC/C=C\[C@@H]2S[C@]34C=CCN(C5CCCCC5)C(=O)C3N([C@@H](CO)Cc3ccccc3)C(=O)[C@@H]4[C@H]12. The number of amides is 2. The maximum absolute atomic E-state index is 14.7. The third-order valence-corrected chi connectivity index (χ3v) is 11.2. The smallest absolute Gasteiger partial charge is 0.311 e. The first-order valence-electron chi connectivity index (χ1n) is 15.0. The van der Waals surface area contributed by atoms with Crippen LogP contribution in [0.5, 0.6) is 0 Å². The van der Waals surface area contributed by atoms with Gasteiger partial charge in [-0.3, -0.25) is 14.4 Å². The average Bonchev–Trinajstić information content (AvgIpc) is 3.37. The molecule has 7 nitrogen and oxygen atoms in total. The number of carbonyl (C=O) groups is 3. The lowest BCUT2D eigenvalue weighted by Crippen LogP contribution is -2.58. The number of fused-ring (bicyclic) bond motifs is 2. The minimum atomic E-state index is -0.894. The molecular weight excluding hydrogens is 524 g/mol. The predicted molar refractivity (Wildman–Crippen MR) is 154 cm³/mol. The summed E-state index contributed by atoms with van der Waals surface area (Å²) in [6.45, 7) is 0.595. The zero-order valence-corrected chi connectivity index (χ0v) is 23.8. The molecule has 40 heavy (non-hydrogen) atoms. The van der Waals surface area contributed by atoms with Crippen LogP contribution in [-0.4, -0.2) is 80.6 Å². The fourth-order valence-corrected chi connectivity index (χ4v) is 9.61. The maximum atomic E-state index is 14.7. The lowest BCUT2D eigenvalue weighted by molar-refractivity contribution is -0.154. The number of allylic oxidation sites excluding steroid dienone is 1. The van der Waals surface area contributed by atoms with Gasteiger partial charge in [-0.2, -0.15) is 0 Å². The van der Waals surface area contributed by atoms with Crippen molar-refractivity contribution in [3.63, 3.8) is 0 Å². The molecule has 1 saturated carbocycles. The Morgan fingerprint density at radius 2 is 1.80 bits per heavy atom. The normalized spacial score (nSPS) is 34.5. The van der Waals surface area contributed by atoms with Gasteiger partial charge in [0.1, 0.15) is 6.04 Å². The number of aliphatic hydroxyl groups excluding tert-OH is 1. The highest BCUT2D eigenvalue weighted by molar-refractivity contribution is 8.02. The van der Waals surface area contributed by atoms with E-state index in [0.717, 1.165) is 50.5 Å². The highest BCUT2D eigenvalue weighted by atomic mass is 32.2. The van der Waals surface area contributed by atoms with E-state index in [0.29, 0.717) is 19.6 Å². The molecule has 4 aliphatic heterocycles. The van der Waals surface area contributed by atoms with E-state index < -0.39 is 28.7 Å². The van der Waals surface area contributed by atoms with Gasteiger partial charge in [-0.15, -0.1) is 11.8 Å². The van der Waals surface area contributed by atoms with Crippen LogP contribution < -0.4 is 0 Å². The van der Waals surface area contributed by atoms with Crippen LogP contribution in [0.25, 0.3) is 0 Å². The van der Waals surface area contributed by atoms with Crippen LogP contribution in [0.15, 0.2) is 54.6 Å². The number of benzene rings is 1. The van der Waals surface area contributed by atoms with Crippen LogP contribution in [0.1, 0.15) is 56.9 Å². The number of cyclic esters (lactones) is 1. The first-order chi connectivity index (χ1) is 19.5. The van der Waals surface area contributed by atoms with Crippen molar-refractivity contribution in [2.45, 2.75) is 85.9 Å². The average molecular weight is 565 g/mol. The molecule has 4 heterocycles. The zero-order valence-electron chi connectivity index (χ0n) is 23.0. The quantitative estimate of drug-likeness (QED) is 0.431. The van der Waals surface area contributed by atoms with Crippen molar-refractivity contribution in [2.24, 2.45) is 11.8 Å². The Labute approximate surface area is 241 Å². The molecule has 0 radical (unpaired) electrons. The molecule has 1 unspecified atom stereocenters. The van der Waals surface area contributed by atoms with Gasteiger partial charge in [-0.25, -0.2) is 0 Å². The Bertz CT molecular complexity index is 1170. The number of hydrogen-bond donors (Lipinski definition) is 1. The van der Waals surface area contributed by atoms with Gasteiger partial charge < -0.3 is 19.6 Å². The van der Waals surface area contributed by atoms with Crippen LogP contribution >= 0.6 is 11.8 Å². The number of hydrogen-bond acceptors (Lipinski definition) is 6. The van der Waals surface area contributed by atoms with E-state index in [1.165, 1.54) is 6.42 Å². The monoisotopic (exact) mass is 564 g/mol. The molecule has 1 aliphatic carbocycles. The van der Waals surface area contributed by atoms with E-state index >= 15 is 0 Å². The molecule has 2 saturated heterocycles. The van der Waals surface area contributed by atoms with Crippen LogP contribution in [0.2, 0.25) is 0 Å². The summed E-state index contributed by atoms with van der Waals surface area (Å²) in [5, 5.41) is 10.4. The third-order valence-electron chi connectivity index (χ3n) is 9.50. The summed E-state index contributed by atoms with van der Waals surface area (Å²) < 4.78 is 4.84. The third kappa shape index (κ3) is 4.81. The molecule has 6 rings (SSSR count). The molecule has 1 spiro atoms. The van der Waals surface area contributed by atoms with Gasteiger partial charge in [0.15, 0.2) is 0 Å². The molecule has 214 valence electrons. The first-order valence-corrected chi connectivity index (χ1v) is 15.9. The van der Waals surface area contributed by atoms with Gasteiger partial charge in [-0.1, -0.05) is 73.9 Å². The van der Waals surface area contributed by atoms with Crippen molar-refractivity contribution < 1.29 is 24.2 Å². The van der Waals surface area contributed by atoms with Gasteiger partial charge in [0.05, 0.1) is 35.8 Å². The molecule has 8 heteroatoms. The molecule has 1 N–H and O–H groups in total. The summed E-state index contributed by atoms with van der Waals surface area (Å²) in [5.41, 5.74) is 0.993. The summed E-state index contributed by atoms with van der Waals surface area (Å²) in [4.78, 5) is 46.5. The largest absolute Gasteiger partial charge is 0.465 e. The summed E-state index contributed by atoms with van der Waals surface area (Å²) in [7, 11) is 0. The Morgan fingerprint density at radius 1 is 1.00 bits per heavy atom. The first kappa shape index (κ1) is 27.6. The van der Waals surface area contributed by atoms with E-state index in [4.69, 9.17) is 4.74 Å². The number of carbonyl (C=O) groups excluding carboxylic acids is 3. The summed E-state index contributed by atoms with van der Waals surface area (Å²) in [5.74, 6) is -2.01. The topological polar surface area (TPSA) is 87.2 Å². The van der Waals surface area contributed by atoms with Crippen LogP contribution in [0.3, 0.4) is 0 Å². The summed E-state index contributed by atoms with van der Waals surface area (Å²) in [6, 6.07) is 8.59. The second-order valence-electron chi connectivity index (χ2n) is 11.9. The van der Waals surface area contributed by atoms with Gasteiger partial charge in [-0.05, 0) is 44.1 Å². The molecular formula is C32H40N2O5S. The second-order valence-corrected chi connectivity index (χ2v) is 13.4. The fraction of sp³-hybridized carbons (Fsp3) is 0.594. The Hall–Kier alpha value is -2.58. The number of likely N-dealkylation sites (tertiary alicyclic amines) is 1. The van der Waals surface area contributed by atoms with Crippen molar-refractivity contribution in [1.29, 1.82) is 0 Å². The van der Waals surface area contributed by atoms with E-state index in [-0.39, 0.29) is 35.7 Å². The lowest BCUT2D eigenvalue weighted by atomic mass is 9.78. The summed E-state index contributed by atoms with van der Waals surface area (Å²) in [6.07, 6.45) is 16.7. The molecule has 6 atom stereocenters. The van der Waals surface area contributed by atoms with Crippen LogP contribution in [0.4, 0.5) is 0 Å². The zero-order chi connectivity index (χ0) is 27.7. The van der Waals surface area contributed by atoms with Gasteiger partial charge >= 0.3 is 5.97 Å². The Kier molecular flexibility index (Phi) is 8.09. The number of esters is 1. The van der Waals surface area contributed by atoms with E-state index in [1.807, 2.05) is 35.2 Å². The molecule has 0 aromatic heterocycles. The fourth-order valence-electron chi connectivity index (χ4n) is 7.62. The van der Waals surface area contributed by atoms with Crippen LogP contribution in [0, 0.1) is 11.8 Å². The highest BCUT2D eigenvalue weighted by Gasteiger charge is 2.71. The lowest BCUT2D eigenvalue weighted by Gasteiger charge is -2.41. The molecule has 1 aromatic rings. The summed E-state index contributed by atoms with van der Waals surface area (Å²) >= 11 is 1.58. The highest BCUT2D eigenvalue weighted by Crippen LogP contribution is 2.61. The van der Waals surface area contributed by atoms with E-state index in [2.05, 4.69) is 24.3 Å². The Balaban J connectivity index is 1.44. The molecule has 3 fully saturated rings. The second kappa shape index (κ2) is 11.7. The van der Waals surface area contributed by atoms with Gasteiger partial charge in [0.25, 0.3) is 0 Å². The number of ether oxygens (including phenoxy) is 1. The van der Waals surface area contributed by atoms with Gasteiger partial charge in [0.2, 0.25) is 11.8 Å². The van der Waals surface area contributed by atoms with Crippen molar-refractivity contribution >= 4 is 29.5 Å². The molecule has 2 amide bonds. The number of thioether (sulfide) groups is 1. The minimum Gasteiger partial charge on any atom is -0.465 e. The van der Waals surface area contributed by atoms with Crippen molar-refractivity contribution in [2.75, 3.05) is 19.8 Å². The molecule has 5 aliphatic rings. The van der Waals surface area contributed by atoms with Crippen molar-refractivity contribution in [3.8, 4) is 0 Å². The molecule has 1 aromatic carbocycles. The van der Waals surface area contributed by atoms with Gasteiger partial charge in [0, 0.05) is 17.8 Å². The van der Waals surface area contributed by atoms with E-state index in [1.54, 1.807) is 16.7 Å². The Morgan fingerprint density at radius 3 is 2.58 bits per heavy atom. The van der Waals surface area contributed by atoms with Crippen molar-refractivity contribution in [1.82, 2.24) is 9.80 Å². The minimum absolute atomic E-state index is 0.0483. The number of rotatable bonds is 5. The predicted octanol–water partition coefficient (Wildman–Crippen LogP) is 3.90. The maximum Gasteiger partial charge on any atom is 0.311 e. The van der Waals surface area contributed by atoms with Crippen molar-refractivity contribution in [3.05, 3.63) is 60.2 Å². The van der Waals surface area contributed by atoms with Crippen LogP contribution in [-0.2, 0) is 25.5 Å².